The Morgan fingerprint density at radius 2 is 2.09 bits per heavy atom. The van der Waals surface area contributed by atoms with Gasteiger partial charge in [0.1, 0.15) is 47.8 Å². The van der Waals surface area contributed by atoms with Crippen molar-refractivity contribution in [2.45, 2.75) is 18.9 Å². The van der Waals surface area contributed by atoms with Gasteiger partial charge in [-0.3, -0.25) is 0 Å². The average Bonchev–Trinajstić information content (AvgIpc) is 3.08. The highest BCUT2D eigenvalue weighted by Crippen LogP contribution is 2.30. The molecule has 116 valence electrons. The van der Waals surface area contributed by atoms with E-state index >= 15 is 0 Å². The van der Waals surface area contributed by atoms with E-state index in [1.165, 1.54) is 18.2 Å². The summed E-state index contributed by atoms with van der Waals surface area (Å²) in [5.41, 5.74) is -0.854. The van der Waals surface area contributed by atoms with Crippen LogP contribution in [0.5, 0.6) is 5.75 Å². The van der Waals surface area contributed by atoms with Gasteiger partial charge in [0.25, 0.3) is 0 Å². The Morgan fingerprint density at radius 3 is 2.70 bits per heavy atom. The summed E-state index contributed by atoms with van der Waals surface area (Å²) in [4.78, 5) is 0. The molecule has 1 fully saturated rings. The fourth-order valence-electron chi connectivity index (χ4n) is 2.11. The van der Waals surface area contributed by atoms with Crippen molar-refractivity contribution in [2.24, 2.45) is 0 Å². The number of hydrogen-bond acceptors (Lipinski definition) is 6. The van der Waals surface area contributed by atoms with Crippen LogP contribution in [0.1, 0.15) is 12.8 Å². The number of hydrogen-bond donors (Lipinski definition) is 1. The molecule has 1 aliphatic heterocycles. The van der Waals surface area contributed by atoms with Crippen LogP contribution in [0.2, 0.25) is 0 Å². The zero-order valence-corrected chi connectivity index (χ0v) is 12.2. The molecule has 0 radical (unpaired) electrons. The topological polar surface area (TPSA) is 102 Å². The van der Waals surface area contributed by atoms with Gasteiger partial charge in [0.15, 0.2) is 5.57 Å². The van der Waals surface area contributed by atoms with Gasteiger partial charge in [-0.1, -0.05) is 6.07 Å². The summed E-state index contributed by atoms with van der Waals surface area (Å²) in [7, 11) is 0. The molecule has 1 aliphatic rings. The summed E-state index contributed by atoms with van der Waals surface area (Å²) in [6.07, 6.45) is 1.78. The van der Waals surface area contributed by atoms with Crippen LogP contribution >= 0.6 is 0 Å². The summed E-state index contributed by atoms with van der Waals surface area (Å²) >= 11 is 0. The molecule has 0 aromatic heterocycles. The highest BCUT2D eigenvalue weighted by atomic mass is 19.1. The number of allylic oxidation sites excluding steroid dienone is 2. The monoisotopic (exact) mass is 312 g/mol. The van der Waals surface area contributed by atoms with Crippen LogP contribution in [-0.2, 0) is 4.74 Å². The quantitative estimate of drug-likeness (QED) is 0.838. The molecule has 1 heterocycles. The van der Waals surface area contributed by atoms with Crippen LogP contribution in [0.4, 0.5) is 10.1 Å². The third-order valence-corrected chi connectivity index (χ3v) is 3.26. The van der Waals surface area contributed by atoms with Gasteiger partial charge in [0.2, 0.25) is 0 Å². The van der Waals surface area contributed by atoms with Gasteiger partial charge in [-0.05, 0) is 25.0 Å². The summed E-state index contributed by atoms with van der Waals surface area (Å²) in [5.74, 6) is -0.471. The molecule has 1 N–H and O–H groups in total. The summed E-state index contributed by atoms with van der Waals surface area (Å²) in [6.45, 7) is 0.935. The van der Waals surface area contributed by atoms with Crippen molar-refractivity contribution in [3.63, 3.8) is 0 Å². The van der Waals surface area contributed by atoms with Gasteiger partial charge >= 0.3 is 0 Å². The van der Waals surface area contributed by atoms with Crippen molar-refractivity contribution in [1.82, 2.24) is 0 Å². The molecule has 0 saturated carbocycles. The van der Waals surface area contributed by atoms with Crippen molar-refractivity contribution in [1.29, 1.82) is 15.8 Å². The third-order valence-electron chi connectivity index (χ3n) is 3.26. The van der Waals surface area contributed by atoms with Crippen LogP contribution in [-0.4, -0.2) is 19.3 Å². The molecular formula is C16H13FN4O2. The van der Waals surface area contributed by atoms with Crippen LogP contribution < -0.4 is 10.1 Å². The lowest BCUT2D eigenvalue weighted by atomic mass is 10.2. The first-order chi connectivity index (χ1) is 11.2. The van der Waals surface area contributed by atoms with Gasteiger partial charge in [-0.15, -0.1) is 0 Å². The minimum Gasteiger partial charge on any atom is -0.489 e. The molecule has 1 aromatic rings. The smallest absolute Gasteiger partial charge is 0.163 e. The largest absolute Gasteiger partial charge is 0.489 e. The molecule has 23 heavy (non-hydrogen) atoms. The maximum absolute atomic E-state index is 14.0. The molecule has 7 heteroatoms. The lowest BCUT2D eigenvalue weighted by Crippen LogP contribution is -2.17. The second-order valence-electron chi connectivity index (χ2n) is 4.77. The zero-order chi connectivity index (χ0) is 16.7. The summed E-state index contributed by atoms with van der Waals surface area (Å²) in [6, 6.07) is 9.05. The van der Waals surface area contributed by atoms with E-state index in [0.717, 1.165) is 12.8 Å². The fourth-order valence-corrected chi connectivity index (χ4v) is 2.11. The van der Waals surface area contributed by atoms with E-state index in [1.54, 1.807) is 18.2 Å². The number of para-hydroxylation sites is 1. The van der Waals surface area contributed by atoms with E-state index in [9.17, 15) is 4.39 Å². The molecule has 0 bridgehead atoms. The van der Waals surface area contributed by atoms with Crippen LogP contribution in [0.3, 0.4) is 0 Å². The number of nitrogens with zero attached hydrogens (tertiary/aromatic N) is 3. The van der Waals surface area contributed by atoms with Gasteiger partial charge in [0, 0.05) is 6.61 Å². The maximum atomic E-state index is 14.0. The first-order valence-electron chi connectivity index (χ1n) is 6.94. The standard InChI is InChI=1S/C16H13FN4O2/c17-13-4-1-5-15(23-10-12-3-2-6-22-12)16(13)21-14(9-20)11(7-18)8-19/h1,4-5,12,21H,2-3,6,10H2. The third kappa shape index (κ3) is 3.97. The van der Waals surface area contributed by atoms with E-state index in [4.69, 9.17) is 25.3 Å². The number of anilines is 1. The molecule has 1 unspecified atom stereocenters. The van der Waals surface area contributed by atoms with Crippen LogP contribution in [0, 0.1) is 39.8 Å². The maximum Gasteiger partial charge on any atom is 0.163 e. The molecule has 0 spiro atoms. The van der Waals surface area contributed by atoms with Crippen LogP contribution in [0.15, 0.2) is 29.5 Å². The van der Waals surface area contributed by atoms with Gasteiger partial charge in [-0.2, -0.15) is 15.8 Å². The Labute approximate surface area is 133 Å². The SMILES string of the molecule is N#CC(C#N)=C(C#N)Nc1c(F)cccc1OCC1CCCO1. The Kier molecular flexibility index (Phi) is 5.52. The molecule has 6 nitrogen and oxygen atoms in total. The van der Waals surface area contributed by atoms with Gasteiger partial charge < -0.3 is 14.8 Å². The van der Waals surface area contributed by atoms with E-state index in [-0.39, 0.29) is 29.8 Å². The summed E-state index contributed by atoms with van der Waals surface area (Å²) in [5, 5.41) is 29.2. The van der Waals surface area contributed by atoms with E-state index in [2.05, 4.69) is 5.32 Å². The number of nitriles is 3. The number of rotatable bonds is 5. The van der Waals surface area contributed by atoms with Crippen molar-refractivity contribution < 1.29 is 13.9 Å². The predicted octanol–water partition coefficient (Wildman–Crippen LogP) is 2.62. The Balaban J connectivity index is 2.24. The lowest BCUT2D eigenvalue weighted by molar-refractivity contribution is 0.0681. The second kappa shape index (κ2) is 7.79. The Hall–Kier alpha value is -3.08. The predicted molar refractivity (Wildman–Crippen MR) is 78.4 cm³/mol. The van der Waals surface area contributed by atoms with Crippen molar-refractivity contribution in [3.8, 4) is 24.0 Å². The van der Waals surface area contributed by atoms with Crippen molar-refractivity contribution in [3.05, 3.63) is 35.3 Å². The number of nitrogens with one attached hydrogen (secondary N) is 1. The van der Waals surface area contributed by atoms with Crippen LogP contribution in [0.25, 0.3) is 0 Å². The van der Waals surface area contributed by atoms with Gasteiger partial charge in [-0.25, -0.2) is 4.39 Å². The molecule has 2 rings (SSSR count). The molecule has 1 saturated heterocycles. The fraction of sp³-hybridized carbons (Fsp3) is 0.312. The Bertz CT molecular complexity index is 718. The molecule has 0 aliphatic carbocycles. The molecule has 0 amide bonds. The zero-order valence-electron chi connectivity index (χ0n) is 12.2. The first-order valence-corrected chi connectivity index (χ1v) is 6.94. The highest BCUT2D eigenvalue weighted by molar-refractivity contribution is 5.65. The normalized spacial score (nSPS) is 15.8. The van der Waals surface area contributed by atoms with Crippen molar-refractivity contribution >= 4 is 5.69 Å². The minimum atomic E-state index is -0.655. The first kappa shape index (κ1) is 16.3. The van der Waals surface area contributed by atoms with E-state index in [1.807, 2.05) is 0 Å². The van der Waals surface area contributed by atoms with Gasteiger partial charge in [0.05, 0.1) is 6.10 Å². The number of halogens is 1. The number of ether oxygens (including phenoxy) is 2. The minimum absolute atomic E-state index is 0.0501. The molecular weight excluding hydrogens is 299 g/mol. The number of benzene rings is 1. The summed E-state index contributed by atoms with van der Waals surface area (Å²) < 4.78 is 25.0. The Morgan fingerprint density at radius 1 is 1.30 bits per heavy atom. The lowest BCUT2D eigenvalue weighted by Gasteiger charge is -2.15. The highest BCUT2D eigenvalue weighted by Gasteiger charge is 2.19. The average molecular weight is 312 g/mol. The second-order valence-corrected chi connectivity index (χ2v) is 4.77. The molecule has 1 atom stereocenters. The van der Waals surface area contributed by atoms with E-state index in [0.29, 0.717) is 6.61 Å². The van der Waals surface area contributed by atoms with Crippen molar-refractivity contribution in [2.75, 3.05) is 18.5 Å². The molecule has 1 aromatic carbocycles. The van der Waals surface area contributed by atoms with E-state index < -0.39 is 11.4 Å².